The molecule has 1 rings (SSSR count). The van der Waals surface area contributed by atoms with Crippen molar-refractivity contribution in [2.45, 2.75) is 90.4 Å². The number of esters is 1. The van der Waals surface area contributed by atoms with Gasteiger partial charge in [0.05, 0.1) is 19.4 Å². The monoisotopic (exact) mass is 405 g/mol. The van der Waals surface area contributed by atoms with E-state index in [2.05, 4.69) is 12.2 Å². The Labute approximate surface area is 176 Å². The van der Waals surface area contributed by atoms with Crippen molar-refractivity contribution in [3.8, 4) is 5.75 Å². The Bertz CT molecular complexity index is 574. The van der Waals surface area contributed by atoms with Crippen LogP contribution in [0.25, 0.3) is 0 Å². The summed E-state index contributed by atoms with van der Waals surface area (Å²) in [6, 6.07) is 7.26. The van der Waals surface area contributed by atoms with Crippen molar-refractivity contribution in [3.63, 3.8) is 0 Å². The summed E-state index contributed by atoms with van der Waals surface area (Å²) >= 11 is 0. The topological polar surface area (TPSA) is 64.6 Å². The predicted octanol–water partition coefficient (Wildman–Crippen LogP) is 6.27. The molecular weight excluding hydrogens is 366 g/mol. The molecule has 1 aromatic carbocycles. The normalized spacial score (nSPS) is 10.6. The second-order valence-electron chi connectivity index (χ2n) is 7.50. The zero-order valence-corrected chi connectivity index (χ0v) is 18.3. The molecule has 0 saturated carbocycles. The van der Waals surface area contributed by atoms with Gasteiger partial charge in [0.2, 0.25) is 5.91 Å². The number of ether oxygens (including phenoxy) is 2. The molecular formula is C24H39NO4. The summed E-state index contributed by atoms with van der Waals surface area (Å²) in [5.41, 5.74) is 0.642. The van der Waals surface area contributed by atoms with Crippen LogP contribution in [0.1, 0.15) is 90.4 Å². The Kier molecular flexibility index (Phi) is 14.5. The van der Waals surface area contributed by atoms with Gasteiger partial charge in [0.25, 0.3) is 0 Å². The fourth-order valence-corrected chi connectivity index (χ4v) is 3.20. The van der Waals surface area contributed by atoms with Crippen LogP contribution in [0.2, 0.25) is 0 Å². The molecule has 0 fully saturated rings. The number of hydrogen-bond acceptors (Lipinski definition) is 4. The Hall–Kier alpha value is -2.04. The number of para-hydroxylation sites is 2. The number of unbranched alkanes of at least 4 members (excludes halogenated alkanes) is 9. The third-order valence-corrected chi connectivity index (χ3v) is 4.93. The Morgan fingerprint density at radius 3 is 2.10 bits per heavy atom. The summed E-state index contributed by atoms with van der Waals surface area (Å²) in [5.74, 6) is 0.278. The summed E-state index contributed by atoms with van der Waals surface area (Å²) in [4.78, 5) is 23.8. The van der Waals surface area contributed by atoms with Crippen LogP contribution < -0.4 is 10.1 Å². The average molecular weight is 406 g/mol. The Morgan fingerprint density at radius 1 is 0.828 bits per heavy atom. The van der Waals surface area contributed by atoms with Crippen LogP contribution in [0, 0.1) is 0 Å². The first-order chi connectivity index (χ1) is 14.2. The van der Waals surface area contributed by atoms with Crippen LogP contribution in [0.15, 0.2) is 24.3 Å². The molecule has 0 saturated heterocycles. The first-order valence-corrected chi connectivity index (χ1v) is 11.3. The summed E-state index contributed by atoms with van der Waals surface area (Å²) in [7, 11) is 1.57. The zero-order chi connectivity index (χ0) is 21.2. The van der Waals surface area contributed by atoms with Crippen molar-refractivity contribution < 1.29 is 19.1 Å². The summed E-state index contributed by atoms with van der Waals surface area (Å²) < 4.78 is 10.5. The van der Waals surface area contributed by atoms with Crippen LogP contribution >= 0.6 is 0 Å². The molecule has 0 aliphatic rings. The number of carbonyl (C=O) groups excluding carboxylic acids is 2. The summed E-state index contributed by atoms with van der Waals surface area (Å²) in [6.45, 7) is 2.73. The highest BCUT2D eigenvalue weighted by Crippen LogP contribution is 2.23. The van der Waals surface area contributed by atoms with Gasteiger partial charge in [-0.15, -0.1) is 0 Å². The van der Waals surface area contributed by atoms with Crippen LogP contribution in [0.3, 0.4) is 0 Å². The first kappa shape index (κ1) is 25.0. The first-order valence-electron chi connectivity index (χ1n) is 11.3. The third kappa shape index (κ3) is 12.9. The lowest BCUT2D eigenvalue weighted by Crippen LogP contribution is -2.13. The SMILES string of the molecule is CCCCCCCCCCCCOC(=O)CCCC(=O)Nc1ccccc1OC. The number of nitrogens with one attached hydrogen (secondary N) is 1. The van der Waals surface area contributed by atoms with E-state index in [1.54, 1.807) is 19.2 Å². The highest BCUT2D eigenvalue weighted by Gasteiger charge is 2.09. The molecule has 0 atom stereocenters. The standard InChI is InChI=1S/C24H39NO4/c1-3-4-5-6-7-8-9-10-11-14-20-29-24(27)19-15-18-23(26)25-21-16-12-13-17-22(21)28-2/h12-13,16-17H,3-11,14-15,18-20H2,1-2H3,(H,25,26). The van der Waals surface area contributed by atoms with Gasteiger partial charge >= 0.3 is 5.97 Å². The van der Waals surface area contributed by atoms with Gasteiger partial charge in [-0.1, -0.05) is 76.8 Å². The van der Waals surface area contributed by atoms with Gasteiger partial charge in [0.15, 0.2) is 0 Å². The number of anilines is 1. The molecule has 0 heterocycles. The lowest BCUT2D eigenvalue weighted by Gasteiger charge is -2.09. The molecule has 1 N–H and O–H groups in total. The molecule has 5 heteroatoms. The van der Waals surface area contributed by atoms with Crippen molar-refractivity contribution in [1.82, 2.24) is 0 Å². The lowest BCUT2D eigenvalue weighted by atomic mass is 10.1. The summed E-state index contributed by atoms with van der Waals surface area (Å²) in [5, 5.41) is 2.81. The van der Waals surface area contributed by atoms with Crippen molar-refractivity contribution in [1.29, 1.82) is 0 Å². The molecule has 0 radical (unpaired) electrons. The van der Waals surface area contributed by atoms with Crippen molar-refractivity contribution in [3.05, 3.63) is 24.3 Å². The Morgan fingerprint density at radius 2 is 1.45 bits per heavy atom. The average Bonchev–Trinajstić information content (AvgIpc) is 2.72. The zero-order valence-electron chi connectivity index (χ0n) is 18.3. The van der Waals surface area contributed by atoms with E-state index in [0.29, 0.717) is 24.5 Å². The van der Waals surface area contributed by atoms with E-state index in [-0.39, 0.29) is 24.7 Å². The molecule has 164 valence electrons. The molecule has 0 bridgehead atoms. The number of hydrogen-bond donors (Lipinski definition) is 1. The highest BCUT2D eigenvalue weighted by molar-refractivity contribution is 5.92. The van der Waals surface area contributed by atoms with Gasteiger partial charge in [-0.3, -0.25) is 9.59 Å². The molecule has 1 aromatic rings. The maximum Gasteiger partial charge on any atom is 0.305 e. The lowest BCUT2D eigenvalue weighted by molar-refractivity contribution is -0.143. The minimum absolute atomic E-state index is 0.128. The van der Waals surface area contributed by atoms with E-state index in [1.807, 2.05) is 12.1 Å². The molecule has 0 unspecified atom stereocenters. The largest absolute Gasteiger partial charge is 0.495 e. The molecule has 29 heavy (non-hydrogen) atoms. The van der Waals surface area contributed by atoms with Crippen LogP contribution in [-0.4, -0.2) is 25.6 Å². The second-order valence-corrected chi connectivity index (χ2v) is 7.50. The molecule has 0 aliphatic carbocycles. The van der Waals surface area contributed by atoms with E-state index in [4.69, 9.17) is 9.47 Å². The fraction of sp³-hybridized carbons (Fsp3) is 0.667. The number of amides is 1. The fourth-order valence-electron chi connectivity index (χ4n) is 3.20. The molecule has 0 aromatic heterocycles. The smallest absolute Gasteiger partial charge is 0.305 e. The van der Waals surface area contributed by atoms with E-state index >= 15 is 0 Å². The second kappa shape index (κ2) is 16.9. The van der Waals surface area contributed by atoms with Crippen LogP contribution in [0.5, 0.6) is 5.75 Å². The van der Waals surface area contributed by atoms with Crippen molar-refractivity contribution in [2.24, 2.45) is 0 Å². The number of carbonyl (C=O) groups is 2. The van der Waals surface area contributed by atoms with Crippen LogP contribution in [0.4, 0.5) is 5.69 Å². The van der Waals surface area contributed by atoms with Gasteiger partial charge in [-0.2, -0.15) is 0 Å². The van der Waals surface area contributed by atoms with E-state index in [9.17, 15) is 9.59 Å². The van der Waals surface area contributed by atoms with E-state index < -0.39 is 0 Å². The maximum absolute atomic E-state index is 12.0. The molecule has 1 amide bonds. The minimum atomic E-state index is -0.217. The Balaban J connectivity index is 1.97. The van der Waals surface area contributed by atoms with Gasteiger partial charge in [0.1, 0.15) is 5.75 Å². The van der Waals surface area contributed by atoms with E-state index in [0.717, 1.165) is 12.8 Å². The van der Waals surface area contributed by atoms with Crippen molar-refractivity contribution >= 4 is 17.6 Å². The molecule has 0 spiro atoms. The number of rotatable bonds is 17. The quantitative estimate of drug-likeness (QED) is 0.245. The van der Waals surface area contributed by atoms with Gasteiger partial charge in [-0.25, -0.2) is 0 Å². The van der Waals surface area contributed by atoms with E-state index in [1.165, 1.54) is 51.4 Å². The van der Waals surface area contributed by atoms with Crippen molar-refractivity contribution in [2.75, 3.05) is 19.0 Å². The predicted molar refractivity (Wildman–Crippen MR) is 118 cm³/mol. The highest BCUT2D eigenvalue weighted by atomic mass is 16.5. The maximum atomic E-state index is 12.0. The van der Waals surface area contributed by atoms with Gasteiger partial charge < -0.3 is 14.8 Å². The van der Waals surface area contributed by atoms with Gasteiger partial charge in [0, 0.05) is 12.8 Å². The summed E-state index contributed by atoms with van der Waals surface area (Å²) in [6.07, 6.45) is 13.6. The van der Waals surface area contributed by atoms with Crippen LogP contribution in [-0.2, 0) is 14.3 Å². The molecule has 0 aliphatic heterocycles. The number of benzene rings is 1. The molecule has 5 nitrogen and oxygen atoms in total. The van der Waals surface area contributed by atoms with Gasteiger partial charge in [-0.05, 0) is 25.0 Å². The minimum Gasteiger partial charge on any atom is -0.495 e. The third-order valence-electron chi connectivity index (χ3n) is 4.93. The number of methoxy groups -OCH3 is 1.